The van der Waals surface area contributed by atoms with E-state index in [1.165, 1.54) is 6.20 Å². The molecule has 0 spiro atoms. The quantitative estimate of drug-likeness (QED) is 0.694. The highest BCUT2D eigenvalue weighted by Gasteiger charge is 2.08. The van der Waals surface area contributed by atoms with Crippen molar-refractivity contribution in [2.45, 2.75) is 19.9 Å². The molecule has 5 nitrogen and oxygen atoms in total. The van der Waals surface area contributed by atoms with Gasteiger partial charge in [0.05, 0.1) is 24.9 Å². The van der Waals surface area contributed by atoms with Gasteiger partial charge in [-0.2, -0.15) is 5.10 Å². The van der Waals surface area contributed by atoms with Gasteiger partial charge in [0.15, 0.2) is 0 Å². The molecular formula is C9H15N3O2. The van der Waals surface area contributed by atoms with Crippen molar-refractivity contribution < 1.29 is 9.53 Å². The Kier molecular flexibility index (Phi) is 4.12. The van der Waals surface area contributed by atoms with Gasteiger partial charge in [-0.25, -0.2) is 4.79 Å². The van der Waals surface area contributed by atoms with Crippen molar-refractivity contribution in [2.75, 3.05) is 13.2 Å². The van der Waals surface area contributed by atoms with Gasteiger partial charge in [-0.05, 0) is 6.42 Å². The fraction of sp³-hybridized carbons (Fsp3) is 0.556. The van der Waals surface area contributed by atoms with Gasteiger partial charge in [-0.1, -0.05) is 6.92 Å². The Balaban J connectivity index is 2.53. The van der Waals surface area contributed by atoms with Gasteiger partial charge >= 0.3 is 5.97 Å². The predicted octanol–water partition coefficient (Wildman–Crippen LogP) is 0.409. The van der Waals surface area contributed by atoms with Gasteiger partial charge in [0.2, 0.25) is 0 Å². The summed E-state index contributed by atoms with van der Waals surface area (Å²) in [5.41, 5.74) is 5.83. The molecule has 0 bridgehead atoms. The first-order chi connectivity index (χ1) is 6.77. The monoisotopic (exact) mass is 197 g/mol. The number of rotatable bonds is 5. The average molecular weight is 197 g/mol. The number of carbonyl (C=O) groups is 1. The number of esters is 1. The van der Waals surface area contributed by atoms with E-state index in [4.69, 9.17) is 10.5 Å². The second-order valence-corrected chi connectivity index (χ2v) is 2.92. The highest BCUT2D eigenvalue weighted by atomic mass is 16.5. The maximum Gasteiger partial charge on any atom is 0.341 e. The molecule has 0 aliphatic carbocycles. The fourth-order valence-electron chi connectivity index (χ4n) is 1.00. The van der Waals surface area contributed by atoms with Gasteiger partial charge < -0.3 is 10.5 Å². The largest absolute Gasteiger partial charge is 0.462 e. The van der Waals surface area contributed by atoms with E-state index in [0.717, 1.165) is 6.42 Å². The molecule has 2 N–H and O–H groups in total. The van der Waals surface area contributed by atoms with E-state index in [9.17, 15) is 4.79 Å². The Morgan fingerprint density at radius 1 is 1.71 bits per heavy atom. The van der Waals surface area contributed by atoms with E-state index in [1.807, 2.05) is 6.92 Å². The molecule has 0 saturated carbocycles. The van der Waals surface area contributed by atoms with Crippen LogP contribution in [0.2, 0.25) is 0 Å². The molecule has 5 heteroatoms. The minimum Gasteiger partial charge on any atom is -0.462 e. The van der Waals surface area contributed by atoms with Crippen LogP contribution in [0.1, 0.15) is 23.7 Å². The van der Waals surface area contributed by atoms with Crippen molar-refractivity contribution in [3.05, 3.63) is 18.0 Å². The van der Waals surface area contributed by atoms with Gasteiger partial charge in [0, 0.05) is 12.7 Å². The van der Waals surface area contributed by atoms with Crippen molar-refractivity contribution in [3.63, 3.8) is 0 Å². The van der Waals surface area contributed by atoms with Crippen LogP contribution in [-0.2, 0) is 11.3 Å². The van der Waals surface area contributed by atoms with Crippen LogP contribution in [0.15, 0.2) is 12.4 Å². The first-order valence-electron chi connectivity index (χ1n) is 4.67. The standard InChI is InChI=1S/C9H15N3O2/c1-2-5-14-9(13)8-6-11-12(7-8)4-3-10/h6-7H,2-5,10H2,1H3. The second kappa shape index (κ2) is 5.39. The Hall–Kier alpha value is -1.36. The van der Waals surface area contributed by atoms with Crippen LogP contribution >= 0.6 is 0 Å². The third kappa shape index (κ3) is 2.85. The summed E-state index contributed by atoms with van der Waals surface area (Å²) in [5, 5.41) is 3.97. The summed E-state index contributed by atoms with van der Waals surface area (Å²) >= 11 is 0. The fourth-order valence-corrected chi connectivity index (χ4v) is 1.00. The molecule has 1 aromatic heterocycles. The minimum atomic E-state index is -0.324. The van der Waals surface area contributed by atoms with E-state index < -0.39 is 0 Å². The van der Waals surface area contributed by atoms with Gasteiger partial charge in [0.25, 0.3) is 0 Å². The lowest BCUT2D eigenvalue weighted by molar-refractivity contribution is 0.0505. The molecule has 0 aliphatic heterocycles. The molecule has 1 heterocycles. The Labute approximate surface area is 82.8 Å². The molecule has 0 aromatic carbocycles. The van der Waals surface area contributed by atoms with Crippen LogP contribution in [0, 0.1) is 0 Å². The zero-order chi connectivity index (χ0) is 10.4. The summed E-state index contributed by atoms with van der Waals surface area (Å²) in [4.78, 5) is 11.3. The molecule has 0 fully saturated rings. The van der Waals surface area contributed by atoms with Crippen molar-refractivity contribution in [3.8, 4) is 0 Å². The smallest absolute Gasteiger partial charge is 0.341 e. The minimum absolute atomic E-state index is 0.324. The number of aromatic nitrogens is 2. The second-order valence-electron chi connectivity index (χ2n) is 2.92. The number of hydrogen-bond acceptors (Lipinski definition) is 4. The molecule has 0 unspecified atom stereocenters. The lowest BCUT2D eigenvalue weighted by atomic mass is 10.4. The van der Waals surface area contributed by atoms with Crippen molar-refractivity contribution in [2.24, 2.45) is 5.73 Å². The lowest BCUT2D eigenvalue weighted by Crippen LogP contribution is -2.10. The van der Waals surface area contributed by atoms with E-state index >= 15 is 0 Å². The van der Waals surface area contributed by atoms with E-state index in [-0.39, 0.29) is 5.97 Å². The summed E-state index contributed by atoms with van der Waals surface area (Å²) in [6, 6.07) is 0. The van der Waals surface area contributed by atoms with Gasteiger partial charge in [-0.3, -0.25) is 4.68 Å². The van der Waals surface area contributed by atoms with Crippen LogP contribution in [0.5, 0.6) is 0 Å². The molecule has 0 radical (unpaired) electrons. The van der Waals surface area contributed by atoms with Crippen LogP contribution < -0.4 is 5.73 Å². The van der Waals surface area contributed by atoms with Crippen molar-refractivity contribution in [1.82, 2.24) is 9.78 Å². The number of hydrogen-bond donors (Lipinski definition) is 1. The van der Waals surface area contributed by atoms with Crippen LogP contribution in [-0.4, -0.2) is 28.9 Å². The number of nitrogens with zero attached hydrogens (tertiary/aromatic N) is 2. The van der Waals surface area contributed by atoms with Crippen LogP contribution in [0.3, 0.4) is 0 Å². The first-order valence-corrected chi connectivity index (χ1v) is 4.67. The highest BCUT2D eigenvalue weighted by molar-refractivity contribution is 5.88. The highest BCUT2D eigenvalue weighted by Crippen LogP contribution is 2.00. The molecule has 0 atom stereocenters. The van der Waals surface area contributed by atoms with E-state index in [2.05, 4.69) is 5.10 Å². The van der Waals surface area contributed by atoms with Gasteiger partial charge in [-0.15, -0.1) is 0 Å². The molecule has 1 aromatic rings. The van der Waals surface area contributed by atoms with Crippen LogP contribution in [0.4, 0.5) is 0 Å². The third-order valence-corrected chi connectivity index (χ3v) is 1.66. The Morgan fingerprint density at radius 2 is 2.50 bits per heavy atom. The van der Waals surface area contributed by atoms with Crippen LogP contribution in [0.25, 0.3) is 0 Å². The summed E-state index contributed by atoms with van der Waals surface area (Å²) in [5.74, 6) is -0.324. The number of ether oxygens (including phenoxy) is 1. The average Bonchev–Trinajstić information content (AvgIpc) is 2.63. The zero-order valence-electron chi connectivity index (χ0n) is 8.27. The van der Waals surface area contributed by atoms with E-state index in [0.29, 0.717) is 25.3 Å². The number of nitrogens with two attached hydrogens (primary N) is 1. The Morgan fingerprint density at radius 3 is 3.14 bits per heavy atom. The predicted molar refractivity (Wildman–Crippen MR) is 51.9 cm³/mol. The van der Waals surface area contributed by atoms with Crippen molar-refractivity contribution >= 4 is 5.97 Å². The summed E-state index contributed by atoms with van der Waals surface area (Å²) in [6.45, 7) is 3.51. The van der Waals surface area contributed by atoms with Crippen molar-refractivity contribution in [1.29, 1.82) is 0 Å². The molecule has 1 rings (SSSR count). The Bertz CT molecular complexity index is 296. The van der Waals surface area contributed by atoms with Gasteiger partial charge in [0.1, 0.15) is 0 Å². The maximum absolute atomic E-state index is 11.3. The number of carbonyl (C=O) groups excluding carboxylic acids is 1. The molecule has 0 saturated heterocycles. The molecule has 0 aliphatic rings. The topological polar surface area (TPSA) is 70.1 Å². The summed E-state index contributed by atoms with van der Waals surface area (Å²) in [7, 11) is 0. The summed E-state index contributed by atoms with van der Waals surface area (Å²) in [6.07, 6.45) is 3.96. The lowest BCUT2D eigenvalue weighted by Gasteiger charge is -1.99. The SMILES string of the molecule is CCCOC(=O)c1cnn(CCN)c1. The normalized spacial score (nSPS) is 10.1. The summed E-state index contributed by atoms with van der Waals surface area (Å²) < 4.78 is 6.57. The molecule has 78 valence electrons. The van der Waals surface area contributed by atoms with E-state index in [1.54, 1.807) is 10.9 Å². The molecular weight excluding hydrogens is 182 g/mol. The molecule has 0 amide bonds. The maximum atomic E-state index is 11.3. The molecule has 14 heavy (non-hydrogen) atoms. The third-order valence-electron chi connectivity index (χ3n) is 1.66. The zero-order valence-corrected chi connectivity index (χ0v) is 8.27. The first kappa shape index (κ1) is 10.7.